The second kappa shape index (κ2) is 8.05. The molecule has 8 heteroatoms. The van der Waals surface area contributed by atoms with Crippen molar-refractivity contribution in [2.24, 2.45) is 0 Å². The van der Waals surface area contributed by atoms with Crippen molar-refractivity contribution in [3.8, 4) is 28.8 Å². The van der Waals surface area contributed by atoms with Crippen LogP contribution >= 0.6 is 0 Å². The third-order valence-corrected chi connectivity index (χ3v) is 5.77. The quantitative estimate of drug-likeness (QED) is 0.458. The Balaban J connectivity index is 1.71. The molecule has 0 unspecified atom stereocenters. The molecule has 8 nitrogen and oxygen atoms in total. The number of aromatic nitrogens is 4. The Morgan fingerprint density at radius 1 is 1.00 bits per heavy atom. The van der Waals surface area contributed by atoms with Gasteiger partial charge in [0.25, 0.3) is 0 Å². The van der Waals surface area contributed by atoms with E-state index >= 15 is 0 Å². The van der Waals surface area contributed by atoms with Gasteiger partial charge in [-0.15, -0.1) is 5.10 Å². The molecular weight excluding hydrogens is 420 g/mol. The lowest BCUT2D eigenvalue weighted by Crippen LogP contribution is -2.22. The minimum atomic E-state index is -0.402. The van der Waals surface area contributed by atoms with E-state index in [9.17, 15) is 4.79 Å². The van der Waals surface area contributed by atoms with Gasteiger partial charge in [-0.05, 0) is 55.8 Å². The molecule has 2 aromatic carbocycles. The number of ketones is 1. The molecule has 3 heterocycles. The van der Waals surface area contributed by atoms with Gasteiger partial charge in [0.05, 0.1) is 19.8 Å². The molecule has 1 aliphatic heterocycles. The fraction of sp³-hybridized carbons (Fsp3) is 0.200. The van der Waals surface area contributed by atoms with Crippen molar-refractivity contribution in [2.45, 2.75) is 19.8 Å². The van der Waals surface area contributed by atoms with Gasteiger partial charge in [-0.3, -0.25) is 4.79 Å². The maximum atomic E-state index is 12.7. The number of Topliss-reactive ketones (excluding diaryl/α,β-unsaturated/α-hetero) is 1. The number of methoxy groups -OCH3 is 2. The van der Waals surface area contributed by atoms with Crippen LogP contribution < -0.4 is 14.2 Å². The maximum absolute atomic E-state index is 12.7. The summed E-state index contributed by atoms with van der Waals surface area (Å²) in [5, 5.41) is 4.62. The minimum Gasteiger partial charge on any atom is -0.497 e. The van der Waals surface area contributed by atoms with E-state index in [1.165, 1.54) is 0 Å². The number of hydrogen-bond donors (Lipinski definition) is 0. The molecule has 0 spiro atoms. The molecule has 2 aromatic heterocycles. The topological polar surface area (TPSA) is 87.8 Å². The Kier molecular flexibility index (Phi) is 5.05. The SMILES string of the molecule is COc1ccc(-c2nc3c4c(ncn3n2)OC(C)=C(C(C)=O)[C@@H]4c2ccc(OC)cc2)cc1. The van der Waals surface area contributed by atoms with Gasteiger partial charge in [0.2, 0.25) is 5.88 Å². The molecule has 0 N–H and O–H groups in total. The summed E-state index contributed by atoms with van der Waals surface area (Å²) in [5.41, 5.74) is 3.60. The lowest BCUT2D eigenvalue weighted by molar-refractivity contribution is -0.114. The second-order valence-corrected chi connectivity index (χ2v) is 7.73. The second-order valence-electron chi connectivity index (χ2n) is 7.73. The third kappa shape index (κ3) is 3.49. The Morgan fingerprint density at radius 2 is 1.64 bits per heavy atom. The van der Waals surface area contributed by atoms with Crippen molar-refractivity contribution in [3.63, 3.8) is 0 Å². The van der Waals surface area contributed by atoms with Crippen LogP contribution in [0.15, 0.2) is 66.2 Å². The molecule has 5 rings (SSSR count). The van der Waals surface area contributed by atoms with Crippen LogP contribution in [0.2, 0.25) is 0 Å². The molecule has 0 saturated heterocycles. The summed E-state index contributed by atoms with van der Waals surface area (Å²) in [6.45, 7) is 3.33. The third-order valence-electron chi connectivity index (χ3n) is 5.77. The normalized spacial score (nSPS) is 15.2. The zero-order valence-electron chi connectivity index (χ0n) is 18.7. The Morgan fingerprint density at radius 3 is 2.24 bits per heavy atom. The van der Waals surface area contributed by atoms with E-state index in [0.29, 0.717) is 34.2 Å². The Labute approximate surface area is 190 Å². The summed E-state index contributed by atoms with van der Waals surface area (Å²) in [6.07, 6.45) is 1.57. The van der Waals surface area contributed by atoms with Crippen LogP contribution in [0.1, 0.15) is 30.9 Å². The maximum Gasteiger partial charge on any atom is 0.228 e. The number of allylic oxidation sites excluding steroid dienone is 2. The lowest BCUT2D eigenvalue weighted by atomic mass is 9.82. The van der Waals surface area contributed by atoms with Gasteiger partial charge in [0, 0.05) is 17.1 Å². The first-order valence-corrected chi connectivity index (χ1v) is 10.4. The summed E-state index contributed by atoms with van der Waals surface area (Å²) in [5.74, 6) is 2.49. The van der Waals surface area contributed by atoms with Gasteiger partial charge in [-0.2, -0.15) is 0 Å². The molecular formula is C25H22N4O4. The lowest BCUT2D eigenvalue weighted by Gasteiger charge is -2.28. The van der Waals surface area contributed by atoms with Crippen LogP contribution in [-0.4, -0.2) is 39.6 Å². The Hall–Kier alpha value is -4.20. The molecule has 0 fully saturated rings. The number of nitrogens with zero attached hydrogens (tertiary/aromatic N) is 4. The van der Waals surface area contributed by atoms with Crippen molar-refractivity contribution >= 4 is 11.4 Å². The van der Waals surface area contributed by atoms with Crippen LogP contribution in [0.3, 0.4) is 0 Å². The number of rotatable bonds is 5. The van der Waals surface area contributed by atoms with Gasteiger partial charge in [-0.25, -0.2) is 14.5 Å². The number of carbonyl (C=O) groups excluding carboxylic acids is 1. The van der Waals surface area contributed by atoms with Gasteiger partial charge in [0.15, 0.2) is 17.3 Å². The van der Waals surface area contributed by atoms with Crippen molar-refractivity contribution < 1.29 is 19.0 Å². The summed E-state index contributed by atoms with van der Waals surface area (Å²) in [7, 11) is 3.24. The van der Waals surface area contributed by atoms with Crippen LogP contribution in [0.4, 0.5) is 0 Å². The molecule has 0 radical (unpaired) electrons. The summed E-state index contributed by atoms with van der Waals surface area (Å²) in [6, 6.07) is 15.1. The molecule has 0 amide bonds. The molecule has 0 saturated carbocycles. The highest BCUT2D eigenvalue weighted by molar-refractivity contribution is 5.97. The molecule has 4 aromatic rings. The highest BCUT2D eigenvalue weighted by Gasteiger charge is 2.36. The van der Waals surface area contributed by atoms with E-state index in [1.807, 2.05) is 48.5 Å². The minimum absolute atomic E-state index is 0.0733. The van der Waals surface area contributed by atoms with Gasteiger partial charge in [0.1, 0.15) is 23.6 Å². The van der Waals surface area contributed by atoms with Crippen LogP contribution in [0.25, 0.3) is 17.0 Å². The summed E-state index contributed by atoms with van der Waals surface area (Å²) in [4.78, 5) is 22.0. The van der Waals surface area contributed by atoms with E-state index in [4.69, 9.17) is 19.2 Å². The Bertz CT molecular complexity index is 1390. The molecule has 0 bridgehead atoms. The van der Waals surface area contributed by atoms with E-state index in [0.717, 1.165) is 22.6 Å². The molecule has 166 valence electrons. The highest BCUT2D eigenvalue weighted by atomic mass is 16.5. The summed E-state index contributed by atoms with van der Waals surface area (Å²) >= 11 is 0. The van der Waals surface area contributed by atoms with Crippen molar-refractivity contribution in [2.75, 3.05) is 14.2 Å². The van der Waals surface area contributed by atoms with Gasteiger partial charge in [-0.1, -0.05) is 12.1 Å². The molecule has 1 aliphatic rings. The first-order valence-electron chi connectivity index (χ1n) is 10.4. The average Bonchev–Trinajstić information content (AvgIpc) is 3.27. The average molecular weight is 442 g/mol. The molecule has 1 atom stereocenters. The number of fused-ring (bicyclic) bond motifs is 3. The van der Waals surface area contributed by atoms with E-state index in [1.54, 1.807) is 38.9 Å². The van der Waals surface area contributed by atoms with Crippen LogP contribution in [-0.2, 0) is 4.79 Å². The van der Waals surface area contributed by atoms with Gasteiger partial charge < -0.3 is 14.2 Å². The largest absolute Gasteiger partial charge is 0.497 e. The van der Waals surface area contributed by atoms with Crippen LogP contribution in [0, 0.1) is 0 Å². The van der Waals surface area contributed by atoms with Crippen molar-refractivity contribution in [1.82, 2.24) is 19.6 Å². The molecule has 0 aliphatic carbocycles. The van der Waals surface area contributed by atoms with E-state index in [2.05, 4.69) is 10.1 Å². The fourth-order valence-corrected chi connectivity index (χ4v) is 4.18. The first-order chi connectivity index (χ1) is 16.0. The number of benzene rings is 2. The van der Waals surface area contributed by atoms with Crippen LogP contribution in [0.5, 0.6) is 17.4 Å². The zero-order chi connectivity index (χ0) is 23.1. The summed E-state index contributed by atoms with van der Waals surface area (Å²) < 4.78 is 18.2. The molecule has 33 heavy (non-hydrogen) atoms. The number of ether oxygens (including phenoxy) is 3. The first kappa shape index (κ1) is 20.7. The van der Waals surface area contributed by atoms with Gasteiger partial charge >= 0.3 is 0 Å². The number of carbonyl (C=O) groups is 1. The highest BCUT2D eigenvalue weighted by Crippen LogP contribution is 2.44. The smallest absolute Gasteiger partial charge is 0.228 e. The van der Waals surface area contributed by atoms with Crippen molar-refractivity contribution in [1.29, 1.82) is 0 Å². The van der Waals surface area contributed by atoms with E-state index < -0.39 is 5.92 Å². The monoisotopic (exact) mass is 442 g/mol. The van der Waals surface area contributed by atoms with Crippen molar-refractivity contribution in [3.05, 3.63) is 77.3 Å². The predicted octanol–water partition coefficient (Wildman–Crippen LogP) is 4.20. The zero-order valence-corrected chi connectivity index (χ0v) is 18.7. The number of hydrogen-bond acceptors (Lipinski definition) is 7. The predicted molar refractivity (Wildman–Crippen MR) is 122 cm³/mol. The standard InChI is InChI=1S/C25H22N4O4/c1-14(30)20-15(2)33-25-22(21(20)16-5-9-18(31-3)10-6-16)24-27-23(28-29(24)13-26-25)17-7-11-19(32-4)12-8-17/h5-13,21H,1-4H3/t21-/m0/s1. The van der Waals surface area contributed by atoms with E-state index in [-0.39, 0.29) is 5.78 Å². The fourth-order valence-electron chi connectivity index (χ4n) is 4.18.